The van der Waals surface area contributed by atoms with Crippen molar-refractivity contribution in [3.63, 3.8) is 0 Å². The van der Waals surface area contributed by atoms with Crippen LogP contribution >= 0.6 is 0 Å². The van der Waals surface area contributed by atoms with E-state index in [9.17, 15) is 9.90 Å². The number of benzene rings is 1. The molecule has 2 saturated heterocycles. The van der Waals surface area contributed by atoms with Gasteiger partial charge in [0.1, 0.15) is 5.60 Å². The maximum absolute atomic E-state index is 12.7. The molecule has 2 unspecified atom stereocenters. The van der Waals surface area contributed by atoms with E-state index in [-0.39, 0.29) is 18.2 Å². The fourth-order valence-corrected chi connectivity index (χ4v) is 4.36. The van der Waals surface area contributed by atoms with Crippen molar-refractivity contribution < 1.29 is 14.6 Å². The van der Waals surface area contributed by atoms with Gasteiger partial charge in [-0.3, -0.25) is 0 Å². The zero-order valence-corrected chi connectivity index (χ0v) is 15.9. The van der Waals surface area contributed by atoms with Crippen LogP contribution in [0.2, 0.25) is 0 Å². The zero-order valence-electron chi connectivity index (χ0n) is 15.9. The third kappa shape index (κ3) is 3.84. The normalized spacial score (nSPS) is 29.4. The van der Waals surface area contributed by atoms with Crippen LogP contribution in [0.3, 0.4) is 0 Å². The molecule has 1 aromatic carbocycles. The molecular formula is C21H31NO3. The number of rotatable bonds is 2. The van der Waals surface area contributed by atoms with Crippen molar-refractivity contribution in [1.82, 2.24) is 4.90 Å². The average Bonchev–Trinajstić information content (AvgIpc) is 2.52. The van der Waals surface area contributed by atoms with Gasteiger partial charge in [0.15, 0.2) is 0 Å². The second kappa shape index (κ2) is 6.64. The van der Waals surface area contributed by atoms with Crippen LogP contribution in [0, 0.1) is 0 Å². The van der Waals surface area contributed by atoms with Crippen molar-refractivity contribution in [2.24, 2.45) is 0 Å². The molecule has 25 heavy (non-hydrogen) atoms. The highest BCUT2D eigenvalue weighted by atomic mass is 16.6. The van der Waals surface area contributed by atoms with E-state index in [4.69, 9.17) is 4.74 Å². The lowest BCUT2D eigenvalue weighted by Crippen LogP contribution is -2.59. The Labute approximate surface area is 151 Å². The van der Waals surface area contributed by atoms with Crippen LogP contribution in [0.4, 0.5) is 4.79 Å². The van der Waals surface area contributed by atoms with Crippen LogP contribution in [-0.4, -0.2) is 33.8 Å². The number of carbonyl (C=O) groups excluding carboxylic acids is 1. The Kier molecular flexibility index (Phi) is 4.84. The summed E-state index contributed by atoms with van der Waals surface area (Å²) in [6.45, 7) is 7.83. The predicted molar refractivity (Wildman–Crippen MR) is 98.5 cm³/mol. The van der Waals surface area contributed by atoms with Gasteiger partial charge in [-0.2, -0.15) is 0 Å². The first-order valence-electron chi connectivity index (χ1n) is 9.55. The second-order valence-corrected chi connectivity index (χ2v) is 8.62. The summed E-state index contributed by atoms with van der Waals surface area (Å²) >= 11 is 0. The summed E-state index contributed by atoms with van der Waals surface area (Å²) in [5.41, 5.74) is 0.895. The van der Waals surface area contributed by atoms with Gasteiger partial charge in [0.2, 0.25) is 0 Å². The molecular weight excluding hydrogens is 314 g/mol. The van der Waals surface area contributed by atoms with Crippen molar-refractivity contribution in [3.8, 4) is 0 Å². The summed E-state index contributed by atoms with van der Waals surface area (Å²) in [5.74, 6) is 0. The van der Waals surface area contributed by atoms with Crippen molar-refractivity contribution in [3.05, 3.63) is 35.4 Å². The molecule has 0 radical (unpaired) electrons. The van der Waals surface area contributed by atoms with Gasteiger partial charge in [-0.1, -0.05) is 31.2 Å². The molecule has 0 spiro atoms. The maximum Gasteiger partial charge on any atom is 0.410 e. The molecule has 1 aromatic rings. The Morgan fingerprint density at radius 3 is 2.48 bits per heavy atom. The number of fused-ring (bicyclic) bond motifs is 2. The van der Waals surface area contributed by atoms with Crippen molar-refractivity contribution in [1.29, 1.82) is 0 Å². The van der Waals surface area contributed by atoms with Gasteiger partial charge in [-0.25, -0.2) is 4.79 Å². The Balaban J connectivity index is 1.84. The number of carbonyl (C=O) groups is 1. The summed E-state index contributed by atoms with van der Waals surface area (Å²) in [4.78, 5) is 14.6. The number of hydrogen-bond donors (Lipinski definition) is 1. The van der Waals surface area contributed by atoms with Gasteiger partial charge in [0, 0.05) is 24.9 Å². The van der Waals surface area contributed by atoms with Crippen LogP contribution < -0.4 is 0 Å². The number of piperidine rings is 2. The molecule has 138 valence electrons. The van der Waals surface area contributed by atoms with Crippen molar-refractivity contribution >= 4 is 6.09 Å². The van der Waals surface area contributed by atoms with Crippen molar-refractivity contribution in [2.75, 3.05) is 0 Å². The van der Waals surface area contributed by atoms with Crippen LogP contribution in [0.1, 0.15) is 70.9 Å². The molecule has 0 aliphatic carbocycles. The first-order valence-corrected chi connectivity index (χ1v) is 9.55. The first-order chi connectivity index (χ1) is 11.7. The van der Waals surface area contributed by atoms with E-state index in [1.165, 1.54) is 5.56 Å². The average molecular weight is 345 g/mol. The molecule has 2 aliphatic rings. The molecule has 1 N–H and O–H groups in total. The van der Waals surface area contributed by atoms with E-state index in [1.54, 1.807) is 0 Å². The minimum atomic E-state index is -0.848. The van der Waals surface area contributed by atoms with Gasteiger partial charge >= 0.3 is 6.09 Å². The molecule has 3 rings (SSSR count). The second-order valence-electron chi connectivity index (χ2n) is 8.62. The van der Waals surface area contributed by atoms with E-state index in [1.807, 2.05) is 37.8 Å². The minimum Gasteiger partial charge on any atom is -0.444 e. The van der Waals surface area contributed by atoms with Crippen LogP contribution in [0.5, 0.6) is 0 Å². The largest absolute Gasteiger partial charge is 0.444 e. The summed E-state index contributed by atoms with van der Waals surface area (Å²) in [6, 6.07) is 8.39. The predicted octanol–water partition coefficient (Wildman–Crippen LogP) is 4.39. The SMILES string of the molecule is CCc1cccc(C2(O)CC3CCCC(C2)N3C(=O)OC(C)(C)C)c1. The number of aryl methyl sites for hydroxylation is 1. The van der Waals surface area contributed by atoms with Crippen LogP contribution in [0.25, 0.3) is 0 Å². The first kappa shape index (κ1) is 18.2. The quantitative estimate of drug-likeness (QED) is 0.865. The third-order valence-corrected chi connectivity index (χ3v) is 5.48. The number of ether oxygens (including phenoxy) is 1. The molecule has 2 heterocycles. The van der Waals surface area contributed by atoms with E-state index >= 15 is 0 Å². The number of hydrogen-bond acceptors (Lipinski definition) is 3. The monoisotopic (exact) mass is 345 g/mol. The Hall–Kier alpha value is -1.55. The lowest BCUT2D eigenvalue weighted by atomic mass is 9.72. The van der Waals surface area contributed by atoms with Crippen molar-refractivity contribution in [2.45, 2.75) is 89.5 Å². The number of nitrogens with zero attached hydrogens (tertiary/aromatic N) is 1. The van der Waals surface area contributed by atoms with Gasteiger partial charge in [-0.15, -0.1) is 0 Å². The summed E-state index contributed by atoms with van der Waals surface area (Å²) in [7, 11) is 0. The third-order valence-electron chi connectivity index (χ3n) is 5.48. The summed E-state index contributed by atoms with van der Waals surface area (Å²) < 4.78 is 5.63. The summed E-state index contributed by atoms with van der Waals surface area (Å²) in [5, 5.41) is 11.4. The fraction of sp³-hybridized carbons (Fsp3) is 0.667. The minimum absolute atomic E-state index is 0.0534. The Bertz CT molecular complexity index is 620. The molecule has 0 aromatic heterocycles. The molecule has 4 heteroatoms. The highest BCUT2D eigenvalue weighted by molar-refractivity contribution is 5.69. The van der Waals surface area contributed by atoms with Gasteiger partial charge in [0.05, 0.1) is 5.60 Å². The van der Waals surface area contributed by atoms with Gasteiger partial charge in [0.25, 0.3) is 0 Å². The molecule has 0 saturated carbocycles. The Morgan fingerprint density at radius 2 is 1.92 bits per heavy atom. The van der Waals surface area contributed by atoms with E-state index in [2.05, 4.69) is 19.1 Å². The van der Waals surface area contributed by atoms with Crippen LogP contribution in [-0.2, 0) is 16.8 Å². The molecule has 1 amide bonds. The van der Waals surface area contributed by atoms with E-state index in [0.29, 0.717) is 12.8 Å². The number of amides is 1. The molecule has 4 nitrogen and oxygen atoms in total. The lowest BCUT2D eigenvalue weighted by molar-refractivity contribution is -0.0965. The molecule has 2 atom stereocenters. The zero-order chi connectivity index (χ0) is 18.2. The van der Waals surface area contributed by atoms with E-state index < -0.39 is 11.2 Å². The van der Waals surface area contributed by atoms with E-state index in [0.717, 1.165) is 31.2 Å². The standard InChI is InChI=1S/C21H31NO3/c1-5-15-8-6-9-16(12-15)21(24)13-17-10-7-11-18(14-21)22(17)19(23)25-20(2,3)4/h6,8-9,12,17-18,24H,5,7,10-11,13-14H2,1-4H3. The fourth-order valence-electron chi connectivity index (χ4n) is 4.36. The molecule has 2 aliphatic heterocycles. The highest BCUT2D eigenvalue weighted by Crippen LogP contribution is 2.45. The smallest absolute Gasteiger partial charge is 0.410 e. The van der Waals surface area contributed by atoms with Gasteiger partial charge in [-0.05, 0) is 57.6 Å². The number of aliphatic hydroxyl groups is 1. The summed E-state index contributed by atoms with van der Waals surface area (Å²) in [6.07, 6.45) is 4.90. The highest BCUT2D eigenvalue weighted by Gasteiger charge is 2.49. The lowest BCUT2D eigenvalue weighted by Gasteiger charge is -2.52. The topological polar surface area (TPSA) is 49.8 Å². The van der Waals surface area contributed by atoms with Gasteiger partial charge < -0.3 is 14.7 Å². The van der Waals surface area contributed by atoms with Crippen LogP contribution in [0.15, 0.2) is 24.3 Å². The maximum atomic E-state index is 12.7. The molecule has 2 fully saturated rings. The molecule has 2 bridgehead atoms. The Morgan fingerprint density at radius 1 is 1.28 bits per heavy atom.